The number of quaternary nitrogens is 1. The van der Waals surface area contributed by atoms with Gasteiger partial charge in [0.15, 0.2) is 12.2 Å². The molecule has 2 aromatic rings. The first-order chi connectivity index (χ1) is 13.8. The minimum Gasteiger partial charge on any atom is -0.383 e. The Morgan fingerprint density at radius 1 is 1.24 bits per heavy atom. The van der Waals surface area contributed by atoms with Gasteiger partial charge in [-0.05, 0) is 25.8 Å². The number of hydrogen-bond acceptors (Lipinski definition) is 4. The average molecular weight is 403 g/mol. The SMILES string of the molecule is CCCCn1c(N)c(N(CC)C(=O)C[NH+](C)Cc2ccccc2C)c(=O)[nH]c1=O. The molecule has 0 saturated heterocycles. The number of carbonyl (C=O) groups is 1. The second-order valence-electron chi connectivity index (χ2n) is 7.37. The Morgan fingerprint density at radius 3 is 2.55 bits per heavy atom. The van der Waals surface area contributed by atoms with Crippen LogP contribution in [0, 0.1) is 6.92 Å². The van der Waals surface area contributed by atoms with E-state index in [9.17, 15) is 14.4 Å². The molecular weight excluding hydrogens is 370 g/mol. The monoisotopic (exact) mass is 402 g/mol. The van der Waals surface area contributed by atoms with Crippen molar-refractivity contribution in [2.24, 2.45) is 0 Å². The number of aromatic nitrogens is 2. The Hall–Kier alpha value is -2.87. The number of nitrogens with two attached hydrogens (primary N) is 1. The number of benzene rings is 1. The highest BCUT2D eigenvalue weighted by atomic mass is 16.2. The van der Waals surface area contributed by atoms with Crippen molar-refractivity contribution in [1.82, 2.24) is 9.55 Å². The van der Waals surface area contributed by atoms with Gasteiger partial charge in [-0.1, -0.05) is 37.6 Å². The molecule has 1 unspecified atom stereocenters. The molecule has 0 aliphatic heterocycles. The van der Waals surface area contributed by atoms with Gasteiger partial charge in [-0.2, -0.15) is 0 Å². The van der Waals surface area contributed by atoms with E-state index < -0.39 is 11.2 Å². The van der Waals surface area contributed by atoms with Gasteiger partial charge in [0.25, 0.3) is 11.5 Å². The molecule has 0 saturated carbocycles. The molecule has 0 bridgehead atoms. The number of rotatable bonds is 9. The van der Waals surface area contributed by atoms with Crippen LogP contribution in [0.25, 0.3) is 0 Å². The normalized spacial score (nSPS) is 12.0. The third-order valence-corrected chi connectivity index (χ3v) is 5.04. The van der Waals surface area contributed by atoms with Crippen LogP contribution < -0.4 is 26.8 Å². The van der Waals surface area contributed by atoms with Crippen molar-refractivity contribution in [3.8, 4) is 0 Å². The maximum absolute atomic E-state index is 13.0. The second kappa shape index (κ2) is 10.1. The Kier molecular flexibility index (Phi) is 7.78. The van der Waals surface area contributed by atoms with Crippen LogP contribution in [0.15, 0.2) is 33.9 Å². The summed E-state index contributed by atoms with van der Waals surface area (Å²) in [7, 11) is 1.94. The van der Waals surface area contributed by atoms with Gasteiger partial charge in [0.05, 0.1) is 7.05 Å². The first-order valence-corrected chi connectivity index (χ1v) is 10.1. The molecule has 0 radical (unpaired) electrons. The number of nitrogen functional groups attached to an aromatic ring is 1. The van der Waals surface area contributed by atoms with E-state index in [1.165, 1.54) is 20.6 Å². The molecule has 29 heavy (non-hydrogen) atoms. The number of likely N-dealkylation sites (N-methyl/N-ethyl adjacent to an activating group) is 2. The zero-order valence-corrected chi connectivity index (χ0v) is 17.7. The maximum atomic E-state index is 13.0. The summed E-state index contributed by atoms with van der Waals surface area (Å²) < 4.78 is 1.33. The number of aryl methyl sites for hydroxylation is 1. The summed E-state index contributed by atoms with van der Waals surface area (Å²) in [4.78, 5) is 42.2. The Bertz CT molecular complexity index is 964. The fraction of sp³-hybridized carbons (Fsp3) is 0.476. The zero-order valence-electron chi connectivity index (χ0n) is 17.7. The van der Waals surface area contributed by atoms with Crippen molar-refractivity contribution in [2.75, 3.05) is 30.8 Å². The van der Waals surface area contributed by atoms with Crippen LogP contribution in [0.1, 0.15) is 37.8 Å². The van der Waals surface area contributed by atoms with Crippen molar-refractivity contribution in [2.45, 2.75) is 46.7 Å². The summed E-state index contributed by atoms with van der Waals surface area (Å²) in [5.41, 5.74) is 7.38. The third-order valence-electron chi connectivity index (χ3n) is 5.04. The van der Waals surface area contributed by atoms with Crippen LogP contribution in [-0.4, -0.2) is 35.6 Å². The fourth-order valence-electron chi connectivity index (χ4n) is 3.39. The van der Waals surface area contributed by atoms with Gasteiger partial charge in [0.2, 0.25) is 0 Å². The van der Waals surface area contributed by atoms with Crippen LogP contribution in [-0.2, 0) is 17.9 Å². The number of amides is 1. The third kappa shape index (κ3) is 5.35. The predicted octanol–water partition coefficient (Wildman–Crippen LogP) is 0.295. The van der Waals surface area contributed by atoms with Crippen molar-refractivity contribution >= 4 is 17.4 Å². The van der Waals surface area contributed by atoms with E-state index in [-0.39, 0.29) is 30.5 Å². The number of aromatic amines is 1. The fourth-order valence-corrected chi connectivity index (χ4v) is 3.39. The zero-order chi connectivity index (χ0) is 21.6. The topological polar surface area (TPSA) is 106 Å². The van der Waals surface area contributed by atoms with Gasteiger partial charge in [0.1, 0.15) is 12.4 Å². The molecule has 1 heterocycles. The number of anilines is 2. The molecule has 2 rings (SSSR count). The largest absolute Gasteiger partial charge is 0.383 e. The summed E-state index contributed by atoms with van der Waals surface area (Å²) in [5, 5.41) is 0. The Labute approximate surface area is 170 Å². The van der Waals surface area contributed by atoms with Gasteiger partial charge in [-0.3, -0.25) is 24.0 Å². The quantitative estimate of drug-likeness (QED) is 0.561. The highest BCUT2D eigenvalue weighted by Gasteiger charge is 2.25. The molecule has 0 aliphatic carbocycles. The lowest BCUT2D eigenvalue weighted by atomic mass is 10.1. The second-order valence-corrected chi connectivity index (χ2v) is 7.37. The molecule has 158 valence electrons. The van der Waals surface area contributed by atoms with Crippen LogP contribution in [0.4, 0.5) is 11.5 Å². The Balaban J connectivity index is 2.26. The Morgan fingerprint density at radius 2 is 1.93 bits per heavy atom. The predicted molar refractivity (Wildman–Crippen MR) is 115 cm³/mol. The van der Waals surface area contributed by atoms with Gasteiger partial charge < -0.3 is 10.6 Å². The smallest absolute Gasteiger partial charge is 0.330 e. The van der Waals surface area contributed by atoms with E-state index in [1.807, 2.05) is 45.2 Å². The lowest BCUT2D eigenvalue weighted by Crippen LogP contribution is -3.09. The van der Waals surface area contributed by atoms with Gasteiger partial charge in [-0.25, -0.2) is 4.79 Å². The lowest BCUT2D eigenvalue weighted by Gasteiger charge is -2.24. The van der Waals surface area contributed by atoms with Gasteiger partial charge >= 0.3 is 5.69 Å². The van der Waals surface area contributed by atoms with Gasteiger partial charge in [-0.15, -0.1) is 0 Å². The van der Waals surface area contributed by atoms with Gasteiger partial charge in [0, 0.05) is 18.7 Å². The molecule has 4 N–H and O–H groups in total. The molecule has 0 spiro atoms. The number of hydrogen-bond donors (Lipinski definition) is 3. The maximum Gasteiger partial charge on any atom is 0.330 e. The van der Waals surface area contributed by atoms with Crippen molar-refractivity contribution in [3.05, 3.63) is 56.2 Å². The van der Waals surface area contributed by atoms with Crippen LogP contribution in [0.2, 0.25) is 0 Å². The highest BCUT2D eigenvalue weighted by Crippen LogP contribution is 2.16. The summed E-state index contributed by atoms with van der Waals surface area (Å²) in [5.74, 6) is -0.171. The number of unbranched alkanes of at least 4 members (excludes halogenated alkanes) is 1. The summed E-state index contributed by atoms with van der Waals surface area (Å²) >= 11 is 0. The van der Waals surface area contributed by atoms with Crippen LogP contribution >= 0.6 is 0 Å². The molecule has 0 fully saturated rings. The van der Waals surface area contributed by atoms with Crippen molar-refractivity contribution in [1.29, 1.82) is 0 Å². The number of nitrogens with one attached hydrogen (secondary N) is 2. The minimum absolute atomic E-state index is 0.0407. The van der Waals surface area contributed by atoms with Crippen LogP contribution in [0.3, 0.4) is 0 Å². The minimum atomic E-state index is -0.632. The van der Waals surface area contributed by atoms with E-state index in [1.54, 1.807) is 6.92 Å². The molecule has 8 nitrogen and oxygen atoms in total. The average Bonchev–Trinajstić information content (AvgIpc) is 2.66. The molecule has 8 heteroatoms. The molecule has 1 atom stereocenters. The van der Waals surface area contributed by atoms with Crippen LogP contribution in [0.5, 0.6) is 0 Å². The molecule has 1 amide bonds. The van der Waals surface area contributed by atoms with E-state index in [2.05, 4.69) is 4.98 Å². The molecule has 1 aromatic heterocycles. The molecule has 1 aromatic carbocycles. The standard InChI is InChI=1S/C21H31N5O3/c1-5-7-12-26-19(22)18(20(28)23-21(26)29)25(6-2)17(27)14-24(4)13-16-11-9-8-10-15(16)3/h8-11H,5-7,12-14,22H2,1-4H3,(H,23,28,29)/p+1. The summed E-state index contributed by atoms with van der Waals surface area (Å²) in [6.45, 7) is 7.41. The number of nitrogens with zero attached hydrogens (tertiary/aromatic N) is 2. The first-order valence-electron chi connectivity index (χ1n) is 10.1. The highest BCUT2D eigenvalue weighted by molar-refractivity contribution is 5.96. The van der Waals surface area contributed by atoms with E-state index >= 15 is 0 Å². The number of carbonyl (C=O) groups excluding carboxylic acids is 1. The molecule has 0 aliphatic rings. The van der Waals surface area contributed by atoms with E-state index in [0.29, 0.717) is 13.1 Å². The number of H-pyrrole nitrogens is 1. The van der Waals surface area contributed by atoms with E-state index in [4.69, 9.17) is 5.73 Å². The summed E-state index contributed by atoms with van der Waals surface area (Å²) in [6.07, 6.45) is 1.63. The first kappa shape index (κ1) is 22.4. The van der Waals surface area contributed by atoms with E-state index in [0.717, 1.165) is 17.7 Å². The summed E-state index contributed by atoms with van der Waals surface area (Å²) in [6, 6.07) is 8.06. The molecular formula is C21H32N5O3+. The van der Waals surface area contributed by atoms with Crippen molar-refractivity contribution < 1.29 is 9.69 Å². The lowest BCUT2D eigenvalue weighted by molar-refractivity contribution is -0.885. The van der Waals surface area contributed by atoms with Crippen molar-refractivity contribution in [3.63, 3.8) is 0 Å².